The largest absolute Gasteiger partial charge is 0.454 e. The van der Waals surface area contributed by atoms with E-state index in [1.54, 1.807) is 6.20 Å². The number of aryl methyl sites for hydroxylation is 2. The first-order chi connectivity index (χ1) is 13.9. The van der Waals surface area contributed by atoms with Gasteiger partial charge in [-0.25, -0.2) is 0 Å². The molecular formula is C25H18N2O. The zero-order valence-electron chi connectivity index (χ0n) is 15.4. The van der Waals surface area contributed by atoms with Crippen molar-refractivity contribution in [3.8, 4) is 0 Å². The zero-order valence-corrected chi connectivity index (χ0v) is 15.4. The average Bonchev–Trinajstić information content (AvgIpc) is 3.32. The fraction of sp³-hybridized carbons (Fsp3) is 0.160. The van der Waals surface area contributed by atoms with E-state index in [-0.39, 0.29) is 0 Å². The van der Waals surface area contributed by atoms with Crippen LogP contribution in [0.1, 0.15) is 24.0 Å². The van der Waals surface area contributed by atoms with Gasteiger partial charge in [-0.15, -0.1) is 0 Å². The molecule has 1 aliphatic rings. The van der Waals surface area contributed by atoms with Gasteiger partial charge in [0.25, 0.3) is 0 Å². The Kier molecular flexibility index (Phi) is 2.69. The number of benzene rings is 3. The van der Waals surface area contributed by atoms with E-state index >= 15 is 0 Å². The number of hydrogen-bond donors (Lipinski definition) is 1. The molecule has 28 heavy (non-hydrogen) atoms. The number of pyridine rings is 1. The van der Waals surface area contributed by atoms with Gasteiger partial charge in [-0.3, -0.25) is 4.98 Å². The van der Waals surface area contributed by atoms with Crippen molar-refractivity contribution in [2.45, 2.75) is 25.7 Å². The maximum Gasteiger partial charge on any atom is 0.160 e. The minimum Gasteiger partial charge on any atom is -0.454 e. The molecule has 3 aromatic heterocycles. The van der Waals surface area contributed by atoms with Crippen molar-refractivity contribution in [3.05, 3.63) is 66.0 Å². The second-order valence-corrected chi connectivity index (χ2v) is 7.97. The van der Waals surface area contributed by atoms with Crippen LogP contribution in [0.25, 0.3) is 54.5 Å². The number of nitrogens with one attached hydrogen (secondary N) is 1. The highest BCUT2D eigenvalue weighted by Crippen LogP contribution is 2.44. The van der Waals surface area contributed by atoms with Gasteiger partial charge in [0.1, 0.15) is 5.58 Å². The predicted octanol–water partition coefficient (Wildman–Crippen LogP) is 6.65. The molecule has 0 amide bonds. The molecule has 134 valence electrons. The van der Waals surface area contributed by atoms with E-state index in [9.17, 15) is 0 Å². The van der Waals surface area contributed by atoms with Gasteiger partial charge >= 0.3 is 0 Å². The average molecular weight is 362 g/mol. The number of fused-ring (bicyclic) bond motifs is 11. The Bertz CT molecular complexity index is 1450. The summed E-state index contributed by atoms with van der Waals surface area (Å²) in [5.41, 5.74) is 7.10. The smallest absolute Gasteiger partial charge is 0.160 e. The number of hydrogen-bond acceptors (Lipinski definition) is 2. The van der Waals surface area contributed by atoms with Gasteiger partial charge in [0.15, 0.2) is 5.58 Å². The molecule has 0 saturated heterocycles. The lowest BCUT2D eigenvalue weighted by Gasteiger charge is -2.17. The zero-order chi connectivity index (χ0) is 18.2. The van der Waals surface area contributed by atoms with Crippen LogP contribution in [-0.2, 0) is 12.8 Å². The van der Waals surface area contributed by atoms with Crippen LogP contribution in [0.15, 0.2) is 59.3 Å². The molecular weight excluding hydrogens is 344 g/mol. The van der Waals surface area contributed by atoms with Crippen LogP contribution in [-0.4, -0.2) is 9.97 Å². The minimum absolute atomic E-state index is 0.898. The van der Waals surface area contributed by atoms with E-state index in [0.717, 1.165) is 27.6 Å². The molecule has 0 saturated carbocycles. The lowest BCUT2D eigenvalue weighted by molar-refractivity contribution is 0.671. The molecule has 0 radical (unpaired) electrons. The van der Waals surface area contributed by atoms with Crippen molar-refractivity contribution in [1.82, 2.24) is 9.97 Å². The van der Waals surface area contributed by atoms with Gasteiger partial charge < -0.3 is 9.40 Å². The topological polar surface area (TPSA) is 41.8 Å². The molecule has 7 rings (SSSR count). The van der Waals surface area contributed by atoms with Crippen molar-refractivity contribution in [2.24, 2.45) is 0 Å². The number of rotatable bonds is 0. The summed E-state index contributed by atoms with van der Waals surface area (Å²) in [5.74, 6) is 0. The lowest BCUT2D eigenvalue weighted by atomic mass is 9.87. The maximum absolute atomic E-state index is 6.38. The van der Waals surface area contributed by atoms with Crippen LogP contribution in [0.3, 0.4) is 0 Å². The fourth-order valence-corrected chi connectivity index (χ4v) is 5.18. The second kappa shape index (κ2) is 5.14. The molecule has 3 nitrogen and oxygen atoms in total. The first-order valence-corrected chi connectivity index (χ1v) is 10.0. The van der Waals surface area contributed by atoms with Crippen molar-refractivity contribution in [2.75, 3.05) is 0 Å². The minimum atomic E-state index is 0.898. The van der Waals surface area contributed by atoms with E-state index in [4.69, 9.17) is 4.42 Å². The normalized spacial score (nSPS) is 14.6. The summed E-state index contributed by atoms with van der Waals surface area (Å²) in [6, 6.07) is 15.4. The fourth-order valence-electron chi connectivity index (χ4n) is 5.18. The quantitative estimate of drug-likeness (QED) is 0.329. The summed E-state index contributed by atoms with van der Waals surface area (Å²) >= 11 is 0. The summed E-state index contributed by atoms with van der Waals surface area (Å²) < 4.78 is 6.38. The summed E-state index contributed by atoms with van der Waals surface area (Å²) in [5, 5.41) is 7.44. The molecule has 0 fully saturated rings. The number of nitrogens with zero attached hydrogens (tertiary/aromatic N) is 1. The van der Waals surface area contributed by atoms with E-state index in [1.165, 1.54) is 63.7 Å². The SMILES string of the molecule is c1ccc2c(c1)[nH]c1c3oc4ccncc4c3c3cc4c(cc3c21)CCCC4. The van der Waals surface area contributed by atoms with Crippen LogP contribution in [0.2, 0.25) is 0 Å². The highest BCUT2D eigenvalue weighted by Gasteiger charge is 2.21. The Morgan fingerprint density at radius 1 is 0.821 bits per heavy atom. The second-order valence-electron chi connectivity index (χ2n) is 7.97. The van der Waals surface area contributed by atoms with Gasteiger partial charge in [-0.2, -0.15) is 0 Å². The Labute approximate surface area is 161 Å². The van der Waals surface area contributed by atoms with E-state index in [0.29, 0.717) is 0 Å². The van der Waals surface area contributed by atoms with Crippen LogP contribution >= 0.6 is 0 Å². The van der Waals surface area contributed by atoms with Crippen LogP contribution in [0, 0.1) is 0 Å². The summed E-state index contributed by atoms with van der Waals surface area (Å²) in [4.78, 5) is 8.02. The summed E-state index contributed by atoms with van der Waals surface area (Å²) in [6.45, 7) is 0. The van der Waals surface area contributed by atoms with Gasteiger partial charge in [-0.1, -0.05) is 30.3 Å². The Balaban J connectivity index is 1.84. The number of para-hydroxylation sites is 1. The first kappa shape index (κ1) is 14.7. The molecule has 0 spiro atoms. The molecule has 1 aliphatic carbocycles. The van der Waals surface area contributed by atoms with Crippen LogP contribution in [0.4, 0.5) is 0 Å². The molecule has 3 aromatic carbocycles. The highest BCUT2D eigenvalue weighted by atomic mass is 16.3. The molecule has 3 heteroatoms. The maximum atomic E-state index is 6.38. The third kappa shape index (κ3) is 1.76. The molecule has 0 unspecified atom stereocenters. The molecule has 6 aromatic rings. The highest BCUT2D eigenvalue weighted by molar-refractivity contribution is 6.34. The molecule has 0 aliphatic heterocycles. The van der Waals surface area contributed by atoms with E-state index in [1.807, 2.05) is 12.3 Å². The Morgan fingerprint density at radius 2 is 1.61 bits per heavy atom. The number of aromatic amines is 1. The molecule has 0 atom stereocenters. The molecule has 0 bridgehead atoms. The predicted molar refractivity (Wildman–Crippen MR) is 115 cm³/mol. The van der Waals surface area contributed by atoms with Crippen LogP contribution in [0.5, 0.6) is 0 Å². The van der Waals surface area contributed by atoms with Crippen molar-refractivity contribution in [1.29, 1.82) is 0 Å². The van der Waals surface area contributed by atoms with Crippen LogP contribution < -0.4 is 0 Å². The third-order valence-electron chi connectivity index (χ3n) is 6.44. The molecule has 3 heterocycles. The van der Waals surface area contributed by atoms with Crippen molar-refractivity contribution >= 4 is 54.5 Å². The Hall–Kier alpha value is -3.33. The molecule has 1 N–H and O–H groups in total. The number of furan rings is 1. The van der Waals surface area contributed by atoms with E-state index in [2.05, 4.69) is 46.4 Å². The van der Waals surface area contributed by atoms with E-state index < -0.39 is 0 Å². The van der Waals surface area contributed by atoms with Gasteiger partial charge in [0.2, 0.25) is 0 Å². The summed E-state index contributed by atoms with van der Waals surface area (Å²) in [7, 11) is 0. The van der Waals surface area contributed by atoms with Crippen molar-refractivity contribution in [3.63, 3.8) is 0 Å². The van der Waals surface area contributed by atoms with Gasteiger partial charge in [-0.05, 0) is 59.7 Å². The number of H-pyrrole nitrogens is 1. The third-order valence-corrected chi connectivity index (χ3v) is 6.44. The lowest BCUT2D eigenvalue weighted by Crippen LogP contribution is -2.02. The van der Waals surface area contributed by atoms with Gasteiger partial charge in [0, 0.05) is 39.5 Å². The number of aromatic nitrogens is 2. The van der Waals surface area contributed by atoms with Crippen molar-refractivity contribution < 1.29 is 4.42 Å². The standard InChI is InChI=1S/C25H18N2O/c1-2-6-15-12-18-17(11-14(15)5-1)22-16-7-3-4-8-20(16)27-24(22)25-23(18)19-13-26-10-9-21(19)28-25/h3-4,7-13,27H,1-2,5-6H2. The first-order valence-electron chi connectivity index (χ1n) is 10.0. The summed E-state index contributed by atoms with van der Waals surface area (Å²) in [6.07, 6.45) is 8.67. The Morgan fingerprint density at radius 3 is 2.46 bits per heavy atom. The monoisotopic (exact) mass is 362 g/mol. The van der Waals surface area contributed by atoms with Gasteiger partial charge in [0.05, 0.1) is 5.52 Å².